The standard InChI is InChI=1S/C14H19F3N2O.ClH/c1-9-7-11(8-10(2)12(9)20)13(14(15,16)17)19-5-3-18-4-6-19;/h7-8,13,18,20H,3-6H2,1-2H3;1H/t13-;/m1./s1. The van der Waals surface area contributed by atoms with Crippen LogP contribution in [-0.2, 0) is 0 Å². The zero-order valence-corrected chi connectivity index (χ0v) is 12.8. The van der Waals surface area contributed by atoms with Crippen LogP contribution in [0.5, 0.6) is 5.75 Å². The van der Waals surface area contributed by atoms with E-state index in [-0.39, 0.29) is 23.7 Å². The highest BCUT2D eigenvalue weighted by molar-refractivity contribution is 5.85. The average molecular weight is 325 g/mol. The Bertz CT molecular complexity index is 465. The fourth-order valence-electron chi connectivity index (χ4n) is 2.69. The minimum atomic E-state index is -4.33. The Labute approximate surface area is 128 Å². The van der Waals surface area contributed by atoms with Crippen LogP contribution in [0.15, 0.2) is 12.1 Å². The zero-order valence-electron chi connectivity index (χ0n) is 12.0. The van der Waals surface area contributed by atoms with Crippen molar-refractivity contribution in [3.05, 3.63) is 28.8 Å². The lowest BCUT2D eigenvalue weighted by Gasteiger charge is -2.36. The number of piperazine rings is 1. The number of phenolic OH excluding ortho intramolecular Hbond substituents is 1. The van der Waals surface area contributed by atoms with Gasteiger partial charge in [-0.1, -0.05) is 12.1 Å². The van der Waals surface area contributed by atoms with E-state index in [0.717, 1.165) is 0 Å². The summed E-state index contributed by atoms with van der Waals surface area (Å²) in [5, 5.41) is 12.8. The molecule has 2 N–H and O–H groups in total. The summed E-state index contributed by atoms with van der Waals surface area (Å²) in [4.78, 5) is 1.45. The predicted octanol–water partition coefficient (Wildman–Crippen LogP) is 2.94. The van der Waals surface area contributed by atoms with Crippen LogP contribution >= 0.6 is 12.4 Å². The van der Waals surface area contributed by atoms with E-state index >= 15 is 0 Å². The molecule has 2 rings (SSSR count). The number of nitrogens with zero attached hydrogens (tertiary/aromatic N) is 1. The molecule has 0 amide bonds. The maximum Gasteiger partial charge on any atom is 0.408 e. The van der Waals surface area contributed by atoms with E-state index in [4.69, 9.17) is 0 Å². The number of phenols is 1. The summed E-state index contributed by atoms with van der Waals surface area (Å²) in [6.45, 7) is 5.09. The van der Waals surface area contributed by atoms with Gasteiger partial charge < -0.3 is 10.4 Å². The molecule has 0 radical (unpaired) electrons. The molecule has 1 aliphatic heterocycles. The molecule has 1 aliphatic rings. The minimum absolute atomic E-state index is 0. The maximum atomic E-state index is 13.4. The molecule has 0 aliphatic carbocycles. The van der Waals surface area contributed by atoms with Crippen molar-refractivity contribution in [1.82, 2.24) is 10.2 Å². The quantitative estimate of drug-likeness (QED) is 0.878. The number of hydrogen-bond acceptors (Lipinski definition) is 3. The van der Waals surface area contributed by atoms with E-state index in [1.165, 1.54) is 17.0 Å². The Morgan fingerprint density at radius 2 is 1.62 bits per heavy atom. The van der Waals surface area contributed by atoms with Gasteiger partial charge in [0.1, 0.15) is 11.8 Å². The van der Waals surface area contributed by atoms with Gasteiger partial charge in [0, 0.05) is 26.2 Å². The molecule has 0 aromatic heterocycles. The molecule has 3 nitrogen and oxygen atoms in total. The van der Waals surface area contributed by atoms with Crippen molar-refractivity contribution in [2.45, 2.75) is 26.1 Å². The van der Waals surface area contributed by atoms with Crippen LogP contribution in [0.2, 0.25) is 0 Å². The number of alkyl halides is 3. The SMILES string of the molecule is Cc1cc([C@@H](N2CCNCC2)C(F)(F)F)cc(C)c1O.Cl. The summed E-state index contributed by atoms with van der Waals surface area (Å²) in [6.07, 6.45) is -4.33. The van der Waals surface area contributed by atoms with Gasteiger partial charge in [0.2, 0.25) is 0 Å². The van der Waals surface area contributed by atoms with Crippen LogP contribution < -0.4 is 5.32 Å². The summed E-state index contributed by atoms with van der Waals surface area (Å²) in [5.41, 5.74) is 1.15. The number of rotatable bonds is 2. The number of aryl methyl sites for hydroxylation is 2. The molecule has 1 saturated heterocycles. The van der Waals surface area contributed by atoms with E-state index in [1.54, 1.807) is 13.8 Å². The fourth-order valence-corrected chi connectivity index (χ4v) is 2.69. The topological polar surface area (TPSA) is 35.5 Å². The largest absolute Gasteiger partial charge is 0.507 e. The van der Waals surface area contributed by atoms with Gasteiger partial charge >= 0.3 is 6.18 Å². The first-order valence-corrected chi connectivity index (χ1v) is 6.62. The lowest BCUT2D eigenvalue weighted by atomic mass is 9.98. The first-order valence-electron chi connectivity index (χ1n) is 6.62. The Hall–Kier alpha value is -0.980. The minimum Gasteiger partial charge on any atom is -0.507 e. The van der Waals surface area contributed by atoms with Gasteiger partial charge in [0.15, 0.2) is 0 Å². The Balaban J connectivity index is 0.00000220. The molecule has 7 heteroatoms. The van der Waals surface area contributed by atoms with Gasteiger partial charge in [0.25, 0.3) is 0 Å². The molecule has 120 valence electrons. The fraction of sp³-hybridized carbons (Fsp3) is 0.571. The second-order valence-corrected chi connectivity index (χ2v) is 5.23. The molecule has 1 aromatic rings. The van der Waals surface area contributed by atoms with Crippen molar-refractivity contribution in [1.29, 1.82) is 0 Å². The second kappa shape index (κ2) is 6.85. The molecule has 1 aromatic carbocycles. The van der Waals surface area contributed by atoms with Gasteiger partial charge in [-0.3, -0.25) is 4.90 Å². The van der Waals surface area contributed by atoms with Gasteiger partial charge in [-0.15, -0.1) is 12.4 Å². The molecule has 0 bridgehead atoms. The highest BCUT2D eigenvalue weighted by Crippen LogP contribution is 2.39. The van der Waals surface area contributed by atoms with Crippen molar-refractivity contribution < 1.29 is 18.3 Å². The Kier molecular flexibility index (Phi) is 5.90. The van der Waals surface area contributed by atoms with E-state index in [9.17, 15) is 18.3 Å². The molecular weight excluding hydrogens is 305 g/mol. The Morgan fingerprint density at radius 1 is 1.14 bits per heavy atom. The van der Waals surface area contributed by atoms with E-state index in [1.807, 2.05) is 0 Å². The zero-order chi connectivity index (χ0) is 14.9. The summed E-state index contributed by atoms with van der Waals surface area (Å²) in [6, 6.07) is 1.26. The van der Waals surface area contributed by atoms with E-state index in [0.29, 0.717) is 37.3 Å². The van der Waals surface area contributed by atoms with Crippen LogP contribution in [0.3, 0.4) is 0 Å². The number of halogens is 4. The molecule has 1 heterocycles. The van der Waals surface area contributed by atoms with Crippen molar-refractivity contribution in [3.8, 4) is 5.75 Å². The monoisotopic (exact) mass is 324 g/mol. The molecule has 0 saturated carbocycles. The number of hydrogen-bond donors (Lipinski definition) is 2. The first kappa shape index (κ1) is 18.1. The van der Waals surface area contributed by atoms with E-state index in [2.05, 4.69) is 5.32 Å². The number of nitrogens with one attached hydrogen (secondary N) is 1. The summed E-state index contributed by atoms with van der Waals surface area (Å²) in [7, 11) is 0. The van der Waals surface area contributed by atoms with Crippen LogP contribution in [-0.4, -0.2) is 42.4 Å². The van der Waals surface area contributed by atoms with Crippen LogP contribution in [0.1, 0.15) is 22.7 Å². The highest BCUT2D eigenvalue weighted by Gasteiger charge is 2.45. The maximum absolute atomic E-state index is 13.4. The van der Waals surface area contributed by atoms with Crippen molar-refractivity contribution in [3.63, 3.8) is 0 Å². The molecule has 1 atom stereocenters. The van der Waals surface area contributed by atoms with Crippen molar-refractivity contribution in [2.75, 3.05) is 26.2 Å². The second-order valence-electron chi connectivity index (χ2n) is 5.23. The third-order valence-corrected chi connectivity index (χ3v) is 3.66. The van der Waals surface area contributed by atoms with Crippen LogP contribution in [0, 0.1) is 13.8 Å². The summed E-state index contributed by atoms with van der Waals surface area (Å²) in [5.74, 6) is 0.0648. The molecular formula is C14H20ClF3N2O. The van der Waals surface area contributed by atoms with Gasteiger partial charge in [-0.2, -0.15) is 13.2 Å². The highest BCUT2D eigenvalue weighted by atomic mass is 35.5. The number of aromatic hydroxyl groups is 1. The smallest absolute Gasteiger partial charge is 0.408 e. The van der Waals surface area contributed by atoms with Crippen molar-refractivity contribution >= 4 is 12.4 Å². The summed E-state index contributed by atoms with van der Waals surface area (Å²) < 4.78 is 40.3. The normalized spacial score (nSPS) is 18.1. The van der Waals surface area contributed by atoms with Crippen molar-refractivity contribution in [2.24, 2.45) is 0 Å². The average Bonchev–Trinajstić information content (AvgIpc) is 2.35. The number of benzene rings is 1. The van der Waals surface area contributed by atoms with Crippen LogP contribution in [0.25, 0.3) is 0 Å². The van der Waals surface area contributed by atoms with Gasteiger partial charge in [-0.05, 0) is 30.5 Å². The molecule has 21 heavy (non-hydrogen) atoms. The van der Waals surface area contributed by atoms with Gasteiger partial charge in [-0.25, -0.2) is 0 Å². The lowest BCUT2D eigenvalue weighted by molar-refractivity contribution is -0.187. The first-order chi connectivity index (χ1) is 9.30. The third-order valence-electron chi connectivity index (χ3n) is 3.66. The molecule has 1 fully saturated rings. The Morgan fingerprint density at radius 3 is 2.05 bits per heavy atom. The summed E-state index contributed by atoms with van der Waals surface area (Å²) >= 11 is 0. The lowest BCUT2D eigenvalue weighted by Crippen LogP contribution is -2.49. The molecule has 0 spiro atoms. The van der Waals surface area contributed by atoms with Gasteiger partial charge in [0.05, 0.1) is 0 Å². The van der Waals surface area contributed by atoms with Crippen LogP contribution in [0.4, 0.5) is 13.2 Å². The molecule has 0 unspecified atom stereocenters. The van der Waals surface area contributed by atoms with E-state index < -0.39 is 12.2 Å². The third kappa shape index (κ3) is 4.02. The predicted molar refractivity (Wildman–Crippen MR) is 78.1 cm³/mol.